The first-order valence-electron chi connectivity index (χ1n) is 6.19. The molecule has 2 aliphatic rings. The highest BCUT2D eigenvalue weighted by molar-refractivity contribution is 5.90. The highest BCUT2D eigenvalue weighted by atomic mass is 16.5. The molecule has 7 nitrogen and oxygen atoms in total. The Balaban J connectivity index is 1.73. The predicted molar refractivity (Wildman–Crippen MR) is 60.7 cm³/mol. The Morgan fingerprint density at radius 3 is 2.78 bits per heavy atom. The molecule has 1 saturated heterocycles. The van der Waals surface area contributed by atoms with Gasteiger partial charge in [-0.25, -0.2) is 0 Å². The van der Waals surface area contributed by atoms with Crippen molar-refractivity contribution in [3.8, 4) is 0 Å². The van der Waals surface area contributed by atoms with Gasteiger partial charge in [-0.2, -0.15) is 4.98 Å². The zero-order valence-electron chi connectivity index (χ0n) is 10.0. The van der Waals surface area contributed by atoms with Gasteiger partial charge in [-0.1, -0.05) is 5.16 Å². The Labute approximate surface area is 104 Å². The van der Waals surface area contributed by atoms with E-state index in [1.54, 1.807) is 0 Å². The van der Waals surface area contributed by atoms with Gasteiger partial charge in [0.05, 0.1) is 0 Å². The molecule has 98 valence electrons. The van der Waals surface area contributed by atoms with Gasteiger partial charge in [-0.3, -0.25) is 4.79 Å². The zero-order valence-corrected chi connectivity index (χ0v) is 10.0. The van der Waals surface area contributed by atoms with E-state index < -0.39 is 5.54 Å². The third-order valence-electron chi connectivity index (χ3n) is 3.35. The van der Waals surface area contributed by atoms with E-state index in [-0.39, 0.29) is 17.8 Å². The number of nitrogens with one attached hydrogen (secondary N) is 1. The normalized spacial score (nSPS) is 22.7. The fourth-order valence-corrected chi connectivity index (χ4v) is 1.95. The summed E-state index contributed by atoms with van der Waals surface area (Å²) in [6.45, 7) is 1.14. The first kappa shape index (κ1) is 11.6. The number of hydrogen-bond acceptors (Lipinski definition) is 6. The summed E-state index contributed by atoms with van der Waals surface area (Å²) < 4.78 is 10.4. The summed E-state index contributed by atoms with van der Waals surface area (Å²) in [5, 5.41) is 6.51. The van der Waals surface area contributed by atoms with Gasteiger partial charge < -0.3 is 20.3 Å². The maximum absolute atomic E-state index is 11.7. The minimum absolute atomic E-state index is 0.0632. The Bertz CT molecular complexity index is 449. The third kappa shape index (κ3) is 2.23. The average molecular weight is 252 g/mol. The van der Waals surface area contributed by atoms with Crippen LogP contribution in [0, 0.1) is 0 Å². The van der Waals surface area contributed by atoms with E-state index in [9.17, 15) is 4.79 Å². The lowest BCUT2D eigenvalue weighted by Crippen LogP contribution is -2.42. The molecule has 1 aliphatic heterocycles. The summed E-state index contributed by atoms with van der Waals surface area (Å²) in [7, 11) is 0. The van der Waals surface area contributed by atoms with Crippen LogP contribution in [0.25, 0.3) is 0 Å². The molecular formula is C11H16N4O3. The molecule has 3 rings (SSSR count). The number of ether oxygens (including phenoxy) is 1. The highest BCUT2D eigenvalue weighted by Crippen LogP contribution is 2.28. The summed E-state index contributed by atoms with van der Waals surface area (Å²) in [4.78, 5) is 15.9. The molecule has 3 N–H and O–H groups in total. The Morgan fingerprint density at radius 1 is 1.39 bits per heavy atom. The molecule has 2 fully saturated rings. The van der Waals surface area contributed by atoms with Crippen LogP contribution in [-0.2, 0) is 10.3 Å². The maximum atomic E-state index is 11.7. The molecule has 18 heavy (non-hydrogen) atoms. The van der Waals surface area contributed by atoms with Crippen LogP contribution >= 0.6 is 0 Å². The maximum Gasteiger partial charge on any atom is 0.292 e. The monoisotopic (exact) mass is 252 g/mol. The van der Waals surface area contributed by atoms with E-state index >= 15 is 0 Å². The van der Waals surface area contributed by atoms with Gasteiger partial charge in [0.25, 0.3) is 11.7 Å². The molecule has 0 bridgehead atoms. The minimum atomic E-state index is -0.663. The van der Waals surface area contributed by atoms with Crippen LogP contribution in [0.5, 0.6) is 0 Å². The number of nitrogens with zero attached hydrogens (tertiary/aromatic N) is 2. The third-order valence-corrected chi connectivity index (χ3v) is 3.35. The average Bonchev–Trinajstić information content (AvgIpc) is 3.03. The van der Waals surface area contributed by atoms with Crippen LogP contribution in [0.1, 0.15) is 42.2 Å². The molecule has 1 aromatic heterocycles. The quantitative estimate of drug-likeness (QED) is 0.780. The number of hydrogen-bond donors (Lipinski definition) is 2. The van der Waals surface area contributed by atoms with Crippen molar-refractivity contribution >= 4 is 5.91 Å². The molecule has 0 radical (unpaired) electrons. The van der Waals surface area contributed by atoms with E-state index in [4.69, 9.17) is 15.0 Å². The molecule has 1 aliphatic carbocycles. The number of nitrogens with two attached hydrogens (primary N) is 1. The van der Waals surface area contributed by atoms with Crippen molar-refractivity contribution in [3.05, 3.63) is 11.7 Å². The van der Waals surface area contributed by atoms with Crippen LogP contribution in [0.15, 0.2) is 4.52 Å². The number of aromatic nitrogens is 2. The number of carbonyl (C=O) groups excluding carboxylic acids is 1. The van der Waals surface area contributed by atoms with Gasteiger partial charge in [0.15, 0.2) is 0 Å². The highest BCUT2D eigenvalue weighted by Gasteiger charge is 2.36. The summed E-state index contributed by atoms with van der Waals surface area (Å²) in [6, 6.07) is 0.273. The van der Waals surface area contributed by atoms with Crippen molar-refractivity contribution in [3.63, 3.8) is 0 Å². The fourth-order valence-electron chi connectivity index (χ4n) is 1.95. The second-order valence-corrected chi connectivity index (χ2v) is 4.94. The van der Waals surface area contributed by atoms with E-state index in [0.29, 0.717) is 31.9 Å². The topological polar surface area (TPSA) is 103 Å². The van der Waals surface area contributed by atoms with E-state index in [1.807, 2.05) is 0 Å². The Hall–Kier alpha value is -1.47. The summed E-state index contributed by atoms with van der Waals surface area (Å²) in [5.41, 5.74) is 5.54. The summed E-state index contributed by atoms with van der Waals surface area (Å²) in [5.74, 6) is 0.100. The van der Waals surface area contributed by atoms with Crippen LogP contribution in [0.3, 0.4) is 0 Å². The molecule has 2 heterocycles. The molecule has 7 heteroatoms. The van der Waals surface area contributed by atoms with Crippen molar-refractivity contribution < 1.29 is 14.1 Å². The Kier molecular flexibility index (Phi) is 2.79. The van der Waals surface area contributed by atoms with Gasteiger partial charge in [-0.05, 0) is 25.7 Å². The molecule has 1 aromatic rings. The molecular weight excluding hydrogens is 236 g/mol. The molecule has 0 aromatic carbocycles. The summed E-state index contributed by atoms with van der Waals surface area (Å²) in [6.07, 6.45) is 3.29. The van der Waals surface area contributed by atoms with Gasteiger partial charge >= 0.3 is 0 Å². The van der Waals surface area contributed by atoms with E-state index in [1.165, 1.54) is 0 Å². The molecule has 1 saturated carbocycles. The standard InChI is InChI=1S/C11H16N4O3/c12-11(3-5-17-6-4-11)10-14-8(15-18-10)9(16)13-7-1-2-7/h7H,1-6,12H2,(H,13,16). The summed E-state index contributed by atoms with van der Waals surface area (Å²) >= 11 is 0. The number of rotatable bonds is 3. The smallest absolute Gasteiger partial charge is 0.292 e. The lowest BCUT2D eigenvalue weighted by atomic mass is 9.91. The lowest BCUT2D eigenvalue weighted by molar-refractivity contribution is 0.0400. The van der Waals surface area contributed by atoms with Gasteiger partial charge in [0.1, 0.15) is 5.54 Å². The predicted octanol–water partition coefficient (Wildman–Crippen LogP) is -0.0738. The number of carbonyl (C=O) groups is 1. The zero-order chi connectivity index (χ0) is 12.6. The van der Waals surface area contributed by atoms with Gasteiger partial charge in [0, 0.05) is 19.3 Å². The van der Waals surface area contributed by atoms with Crippen molar-refractivity contribution in [2.24, 2.45) is 5.73 Å². The fraction of sp³-hybridized carbons (Fsp3) is 0.727. The van der Waals surface area contributed by atoms with E-state index in [0.717, 1.165) is 12.8 Å². The molecule has 0 unspecified atom stereocenters. The largest absolute Gasteiger partial charge is 0.381 e. The van der Waals surface area contributed by atoms with Crippen LogP contribution < -0.4 is 11.1 Å². The van der Waals surface area contributed by atoms with Gasteiger partial charge in [0.2, 0.25) is 5.89 Å². The molecule has 1 amide bonds. The van der Waals surface area contributed by atoms with E-state index in [2.05, 4.69) is 15.5 Å². The van der Waals surface area contributed by atoms with Crippen LogP contribution in [0.2, 0.25) is 0 Å². The molecule has 0 spiro atoms. The first-order valence-corrected chi connectivity index (χ1v) is 6.19. The van der Waals surface area contributed by atoms with Crippen molar-refractivity contribution in [1.29, 1.82) is 0 Å². The second-order valence-electron chi connectivity index (χ2n) is 4.94. The lowest BCUT2D eigenvalue weighted by Gasteiger charge is -2.29. The van der Waals surface area contributed by atoms with Crippen LogP contribution in [0.4, 0.5) is 0 Å². The van der Waals surface area contributed by atoms with Crippen LogP contribution in [-0.4, -0.2) is 35.3 Å². The van der Waals surface area contributed by atoms with Gasteiger partial charge in [-0.15, -0.1) is 0 Å². The SMILES string of the molecule is NC1(c2nc(C(=O)NC3CC3)no2)CCOCC1. The first-order chi connectivity index (χ1) is 8.67. The second kappa shape index (κ2) is 4.33. The minimum Gasteiger partial charge on any atom is -0.381 e. The van der Waals surface area contributed by atoms with Crippen molar-refractivity contribution in [2.45, 2.75) is 37.3 Å². The number of amides is 1. The molecule has 0 atom stereocenters. The van der Waals surface area contributed by atoms with Crippen molar-refractivity contribution in [1.82, 2.24) is 15.5 Å². The van der Waals surface area contributed by atoms with Crippen molar-refractivity contribution in [2.75, 3.05) is 13.2 Å². The Morgan fingerprint density at radius 2 is 2.11 bits per heavy atom.